The van der Waals surface area contributed by atoms with Gasteiger partial charge in [0.2, 0.25) is 5.91 Å². The number of hydrogen-bond donors (Lipinski definition) is 0. The highest BCUT2D eigenvalue weighted by atomic mass is 35.5. The summed E-state index contributed by atoms with van der Waals surface area (Å²) in [6, 6.07) is 11.6. The quantitative estimate of drug-likeness (QED) is 0.631. The van der Waals surface area contributed by atoms with Gasteiger partial charge in [0.05, 0.1) is 22.7 Å². The second kappa shape index (κ2) is 7.07. The largest absolute Gasteiger partial charge is 0.497 e. The number of benzene rings is 2. The van der Waals surface area contributed by atoms with Crippen molar-refractivity contribution in [2.24, 2.45) is 7.05 Å². The molecule has 8 heteroatoms. The van der Waals surface area contributed by atoms with Crippen LogP contribution in [0.4, 0.5) is 15.9 Å². The number of anilines is 2. The van der Waals surface area contributed by atoms with Crippen molar-refractivity contribution in [2.75, 3.05) is 12.0 Å². The molecule has 1 amide bonds. The highest BCUT2D eigenvalue weighted by Gasteiger charge is 2.37. The molecule has 144 valence electrons. The number of rotatable bonds is 3. The summed E-state index contributed by atoms with van der Waals surface area (Å²) >= 11 is 7.03. The summed E-state index contributed by atoms with van der Waals surface area (Å²) in [6.45, 7) is 0. The van der Waals surface area contributed by atoms with E-state index in [9.17, 15) is 14.0 Å². The summed E-state index contributed by atoms with van der Waals surface area (Å²) in [5.41, 5.74) is 1.35. The lowest BCUT2D eigenvalue weighted by molar-refractivity contribution is -0.118. The van der Waals surface area contributed by atoms with Crippen LogP contribution in [0.25, 0.3) is 0 Å². The monoisotopic (exact) mass is 418 g/mol. The standard InChI is InChI=1S/C20H16ClFN2O3S/c1-23-19-18(28-20(23)26)14(11-3-6-13(27-2)7-4-11)10-17(25)24(19)12-5-8-16(22)15(21)9-12/h3-9,14H,10H2,1-2H3/t14-/m0/s1. The Labute approximate surface area is 169 Å². The van der Waals surface area contributed by atoms with Crippen molar-refractivity contribution in [1.82, 2.24) is 4.57 Å². The molecule has 0 bridgehead atoms. The predicted octanol–water partition coefficient (Wildman–Crippen LogP) is 4.45. The van der Waals surface area contributed by atoms with E-state index in [1.54, 1.807) is 14.2 Å². The molecule has 5 nitrogen and oxygen atoms in total. The highest BCUT2D eigenvalue weighted by molar-refractivity contribution is 7.10. The number of hydrogen-bond acceptors (Lipinski definition) is 4. The summed E-state index contributed by atoms with van der Waals surface area (Å²) in [4.78, 5) is 27.6. The average Bonchev–Trinajstić information content (AvgIpc) is 2.98. The van der Waals surface area contributed by atoms with Crippen molar-refractivity contribution >= 4 is 40.4 Å². The van der Waals surface area contributed by atoms with E-state index in [1.807, 2.05) is 24.3 Å². The molecule has 2 heterocycles. The lowest BCUT2D eigenvalue weighted by Crippen LogP contribution is -2.34. The van der Waals surface area contributed by atoms with Gasteiger partial charge in [0, 0.05) is 19.4 Å². The van der Waals surface area contributed by atoms with E-state index < -0.39 is 5.82 Å². The number of amides is 1. The first kappa shape index (κ1) is 18.7. The number of nitrogens with zero attached hydrogens (tertiary/aromatic N) is 2. The van der Waals surface area contributed by atoms with E-state index in [4.69, 9.17) is 16.3 Å². The van der Waals surface area contributed by atoms with Gasteiger partial charge in [-0.05, 0) is 35.9 Å². The summed E-state index contributed by atoms with van der Waals surface area (Å²) in [6.07, 6.45) is 0.189. The zero-order chi connectivity index (χ0) is 20.0. The molecule has 0 unspecified atom stereocenters. The molecule has 0 radical (unpaired) electrons. The van der Waals surface area contributed by atoms with Crippen molar-refractivity contribution < 1.29 is 13.9 Å². The van der Waals surface area contributed by atoms with E-state index in [-0.39, 0.29) is 28.1 Å². The Morgan fingerprint density at radius 2 is 1.89 bits per heavy atom. The number of thiazole rings is 1. The number of carbonyl (C=O) groups excluding carboxylic acids is 1. The zero-order valence-electron chi connectivity index (χ0n) is 15.1. The lowest BCUT2D eigenvalue weighted by atomic mass is 9.90. The van der Waals surface area contributed by atoms with Crippen LogP contribution < -0.4 is 14.5 Å². The van der Waals surface area contributed by atoms with Crippen LogP contribution >= 0.6 is 22.9 Å². The predicted molar refractivity (Wildman–Crippen MR) is 108 cm³/mol. The van der Waals surface area contributed by atoms with Gasteiger partial charge >= 0.3 is 4.87 Å². The van der Waals surface area contributed by atoms with E-state index in [0.717, 1.165) is 27.5 Å². The molecule has 0 N–H and O–H groups in total. The number of carbonyl (C=O) groups is 1. The Morgan fingerprint density at radius 1 is 1.18 bits per heavy atom. The van der Waals surface area contributed by atoms with Crippen LogP contribution in [-0.4, -0.2) is 17.6 Å². The molecule has 1 aromatic heterocycles. The number of fused-ring (bicyclic) bond motifs is 1. The molecule has 2 aromatic carbocycles. The first-order valence-corrected chi connectivity index (χ1v) is 9.72. The van der Waals surface area contributed by atoms with E-state index in [1.165, 1.54) is 27.7 Å². The van der Waals surface area contributed by atoms with Crippen LogP contribution in [-0.2, 0) is 11.8 Å². The van der Waals surface area contributed by atoms with Crippen LogP contribution in [0, 0.1) is 5.82 Å². The van der Waals surface area contributed by atoms with Gasteiger partial charge in [-0.2, -0.15) is 0 Å². The number of ether oxygens (including phenoxy) is 1. The summed E-state index contributed by atoms with van der Waals surface area (Å²) in [5.74, 6) is 0.221. The molecule has 0 aliphatic carbocycles. The van der Waals surface area contributed by atoms with E-state index >= 15 is 0 Å². The van der Waals surface area contributed by atoms with E-state index in [0.29, 0.717) is 11.5 Å². The Hall–Kier alpha value is -2.64. The molecule has 0 spiro atoms. The average molecular weight is 419 g/mol. The van der Waals surface area contributed by atoms with Gasteiger partial charge in [-0.3, -0.25) is 19.1 Å². The molecule has 0 saturated carbocycles. The summed E-state index contributed by atoms with van der Waals surface area (Å²) in [7, 11) is 3.21. The minimum absolute atomic E-state index is 0.0793. The van der Waals surface area contributed by atoms with Gasteiger partial charge in [0.15, 0.2) is 0 Å². The molecule has 1 aliphatic rings. The third-order valence-electron chi connectivity index (χ3n) is 4.85. The second-order valence-electron chi connectivity index (χ2n) is 6.47. The van der Waals surface area contributed by atoms with Gasteiger partial charge in [-0.25, -0.2) is 4.39 Å². The highest BCUT2D eigenvalue weighted by Crippen LogP contribution is 2.45. The van der Waals surface area contributed by atoms with Gasteiger partial charge in [-0.15, -0.1) is 0 Å². The van der Waals surface area contributed by atoms with Crippen LogP contribution in [0.5, 0.6) is 5.75 Å². The van der Waals surface area contributed by atoms with E-state index in [2.05, 4.69) is 0 Å². The first-order valence-electron chi connectivity index (χ1n) is 8.52. The number of halogens is 2. The Balaban J connectivity index is 1.86. The molecular weight excluding hydrogens is 403 g/mol. The third-order valence-corrected chi connectivity index (χ3v) is 6.27. The normalized spacial score (nSPS) is 16.2. The van der Waals surface area contributed by atoms with Gasteiger partial charge in [-0.1, -0.05) is 35.1 Å². The van der Waals surface area contributed by atoms with Crippen LogP contribution in [0.3, 0.4) is 0 Å². The van der Waals surface area contributed by atoms with Crippen LogP contribution in [0.15, 0.2) is 47.3 Å². The second-order valence-corrected chi connectivity index (χ2v) is 7.87. The Morgan fingerprint density at radius 3 is 2.54 bits per heavy atom. The minimum Gasteiger partial charge on any atom is -0.497 e. The maximum atomic E-state index is 13.6. The molecule has 3 aromatic rings. The fourth-order valence-electron chi connectivity index (χ4n) is 3.42. The van der Waals surface area contributed by atoms with Crippen molar-refractivity contribution in [3.63, 3.8) is 0 Å². The fourth-order valence-corrected chi connectivity index (χ4v) is 4.69. The molecule has 0 fully saturated rings. The SMILES string of the molecule is COc1ccc([C@@H]2CC(=O)N(c3ccc(F)c(Cl)c3)c3c2sc(=O)n3C)cc1. The lowest BCUT2D eigenvalue weighted by Gasteiger charge is -2.32. The first-order chi connectivity index (χ1) is 13.4. The minimum atomic E-state index is -0.564. The van der Waals surface area contributed by atoms with Crippen molar-refractivity contribution in [3.8, 4) is 5.75 Å². The summed E-state index contributed by atoms with van der Waals surface area (Å²) in [5, 5.41) is -0.0793. The Bertz CT molecular complexity index is 1120. The maximum Gasteiger partial charge on any atom is 0.308 e. The molecule has 1 atom stereocenters. The zero-order valence-corrected chi connectivity index (χ0v) is 16.7. The molecule has 1 aliphatic heterocycles. The van der Waals surface area contributed by atoms with Crippen molar-refractivity contribution in [1.29, 1.82) is 0 Å². The summed E-state index contributed by atoms with van der Waals surface area (Å²) < 4.78 is 20.2. The maximum absolute atomic E-state index is 13.6. The van der Waals surface area contributed by atoms with Gasteiger partial charge in [0.1, 0.15) is 17.4 Å². The van der Waals surface area contributed by atoms with Crippen LogP contribution in [0.2, 0.25) is 5.02 Å². The number of aromatic nitrogens is 1. The fraction of sp³-hybridized carbons (Fsp3) is 0.200. The topological polar surface area (TPSA) is 51.5 Å². The molecule has 28 heavy (non-hydrogen) atoms. The van der Waals surface area contributed by atoms with Crippen molar-refractivity contribution in [2.45, 2.75) is 12.3 Å². The smallest absolute Gasteiger partial charge is 0.308 e. The van der Waals surface area contributed by atoms with Gasteiger partial charge in [0.25, 0.3) is 0 Å². The number of methoxy groups -OCH3 is 1. The Kier molecular flexibility index (Phi) is 4.72. The molecule has 0 saturated heterocycles. The van der Waals surface area contributed by atoms with Crippen LogP contribution in [0.1, 0.15) is 22.8 Å². The third kappa shape index (κ3) is 3.00. The van der Waals surface area contributed by atoms with Gasteiger partial charge < -0.3 is 4.74 Å². The van der Waals surface area contributed by atoms with Crippen molar-refractivity contribution in [3.05, 3.63) is 73.4 Å². The molecular formula is C20H16ClFN2O3S. The molecule has 4 rings (SSSR count).